The number of hydrogen-bond donors (Lipinski definition) is 1. The van der Waals surface area contributed by atoms with E-state index >= 15 is 0 Å². The highest BCUT2D eigenvalue weighted by Crippen LogP contribution is 2.23. The van der Waals surface area contributed by atoms with Crippen LogP contribution in [0, 0.1) is 5.92 Å². The first-order valence-corrected chi connectivity index (χ1v) is 6.79. The number of piperidine rings is 1. The fourth-order valence-electron chi connectivity index (χ4n) is 2.96. The first kappa shape index (κ1) is 13.3. The number of rotatable bonds is 2. The van der Waals surface area contributed by atoms with E-state index in [0.29, 0.717) is 12.5 Å². The highest BCUT2D eigenvalue weighted by molar-refractivity contribution is 5.76. The van der Waals surface area contributed by atoms with Crippen molar-refractivity contribution in [3.8, 4) is 0 Å². The summed E-state index contributed by atoms with van der Waals surface area (Å²) in [6.07, 6.45) is 4.54. The van der Waals surface area contributed by atoms with E-state index in [0.717, 1.165) is 45.3 Å². The summed E-state index contributed by atoms with van der Waals surface area (Å²) in [7, 11) is 1.44. The summed E-state index contributed by atoms with van der Waals surface area (Å²) in [6, 6.07) is 0.292. The van der Waals surface area contributed by atoms with E-state index in [2.05, 4.69) is 10.2 Å². The number of nitrogens with one attached hydrogen (secondary N) is 1. The molecule has 0 aromatic carbocycles. The summed E-state index contributed by atoms with van der Waals surface area (Å²) >= 11 is 0. The molecule has 2 aliphatic rings. The van der Waals surface area contributed by atoms with Crippen LogP contribution in [0.1, 0.15) is 32.1 Å². The lowest BCUT2D eigenvalue weighted by molar-refractivity contribution is -0.147. The number of carbonyl (C=O) groups is 2. The zero-order valence-corrected chi connectivity index (χ0v) is 11.0. The number of likely N-dealkylation sites (tertiary alicyclic amines) is 1. The maximum atomic E-state index is 11.6. The summed E-state index contributed by atoms with van der Waals surface area (Å²) in [5.74, 6) is 0.00512. The normalized spacial score (nSPS) is 30.4. The fourth-order valence-corrected chi connectivity index (χ4v) is 2.96. The summed E-state index contributed by atoms with van der Waals surface area (Å²) in [4.78, 5) is 25.5. The number of ether oxygens (including phenoxy) is 1. The molecule has 0 spiro atoms. The second-order valence-electron chi connectivity index (χ2n) is 5.21. The molecule has 2 heterocycles. The monoisotopic (exact) mass is 254 g/mol. The Hall–Kier alpha value is -1.10. The second kappa shape index (κ2) is 6.18. The van der Waals surface area contributed by atoms with Crippen LogP contribution in [-0.4, -0.2) is 49.6 Å². The molecule has 5 nitrogen and oxygen atoms in total. The molecule has 1 N–H and O–H groups in total. The van der Waals surface area contributed by atoms with Gasteiger partial charge in [0.1, 0.15) is 0 Å². The molecule has 0 aromatic rings. The number of amides is 1. The van der Waals surface area contributed by atoms with Crippen LogP contribution in [0.15, 0.2) is 0 Å². The quantitative estimate of drug-likeness (QED) is 0.731. The predicted octanol–water partition coefficient (Wildman–Crippen LogP) is 0.540. The Morgan fingerprint density at radius 2 is 2.22 bits per heavy atom. The average molecular weight is 254 g/mol. The number of nitrogens with zero attached hydrogens (tertiary/aromatic N) is 1. The molecular formula is C13H22N2O3. The molecule has 0 aromatic heterocycles. The zero-order chi connectivity index (χ0) is 13.0. The van der Waals surface area contributed by atoms with Crippen LogP contribution in [0.3, 0.4) is 0 Å². The lowest BCUT2D eigenvalue weighted by atomic mass is 9.95. The molecule has 102 valence electrons. The van der Waals surface area contributed by atoms with E-state index in [1.807, 2.05) is 0 Å². The Labute approximate surface area is 108 Å². The molecule has 0 bridgehead atoms. The van der Waals surface area contributed by atoms with Gasteiger partial charge in [0.2, 0.25) is 5.91 Å². The van der Waals surface area contributed by atoms with Crippen LogP contribution in [0.25, 0.3) is 0 Å². The van der Waals surface area contributed by atoms with E-state index in [-0.39, 0.29) is 17.8 Å². The van der Waals surface area contributed by atoms with Crippen LogP contribution in [0.5, 0.6) is 0 Å². The number of carbonyl (C=O) groups excluding carboxylic acids is 2. The van der Waals surface area contributed by atoms with E-state index < -0.39 is 0 Å². The third-order valence-corrected chi connectivity index (χ3v) is 3.96. The van der Waals surface area contributed by atoms with Gasteiger partial charge >= 0.3 is 5.97 Å². The van der Waals surface area contributed by atoms with Crippen molar-refractivity contribution in [3.63, 3.8) is 0 Å². The van der Waals surface area contributed by atoms with Crippen molar-refractivity contribution < 1.29 is 14.3 Å². The first-order valence-electron chi connectivity index (χ1n) is 6.79. The third kappa shape index (κ3) is 3.22. The fraction of sp³-hybridized carbons (Fsp3) is 0.846. The Kier molecular flexibility index (Phi) is 4.58. The van der Waals surface area contributed by atoms with Gasteiger partial charge in [0, 0.05) is 25.6 Å². The third-order valence-electron chi connectivity index (χ3n) is 3.96. The van der Waals surface area contributed by atoms with Crippen LogP contribution >= 0.6 is 0 Å². The number of esters is 1. The van der Waals surface area contributed by atoms with Crippen molar-refractivity contribution in [2.45, 2.75) is 38.1 Å². The van der Waals surface area contributed by atoms with Crippen molar-refractivity contribution >= 4 is 11.9 Å². The molecule has 2 saturated heterocycles. The topological polar surface area (TPSA) is 58.6 Å². The summed E-state index contributed by atoms with van der Waals surface area (Å²) in [5, 5.41) is 2.90. The lowest BCUT2D eigenvalue weighted by Crippen LogP contribution is -2.45. The highest BCUT2D eigenvalue weighted by Gasteiger charge is 2.31. The molecule has 2 fully saturated rings. The maximum Gasteiger partial charge on any atom is 0.309 e. The minimum Gasteiger partial charge on any atom is -0.469 e. The van der Waals surface area contributed by atoms with Crippen LogP contribution < -0.4 is 5.32 Å². The first-order chi connectivity index (χ1) is 8.70. The van der Waals surface area contributed by atoms with E-state index in [1.54, 1.807) is 0 Å². The molecule has 0 aliphatic carbocycles. The molecule has 1 unspecified atom stereocenters. The molecule has 18 heavy (non-hydrogen) atoms. The largest absolute Gasteiger partial charge is 0.469 e. The van der Waals surface area contributed by atoms with Gasteiger partial charge in [-0.15, -0.1) is 0 Å². The standard InChI is InChI=1S/C13H22N2O3/c1-18-13(17)10-4-3-7-15(9-10)11-5-2-6-14-12(16)8-11/h10-11H,2-9H2,1H3,(H,14,16)/t10-,11?/m0/s1. The van der Waals surface area contributed by atoms with Gasteiger partial charge in [0.25, 0.3) is 0 Å². The SMILES string of the molecule is COC(=O)[C@H]1CCCN(C2CCCNC(=O)C2)C1. The van der Waals surface area contributed by atoms with E-state index in [9.17, 15) is 9.59 Å². The van der Waals surface area contributed by atoms with Crippen LogP contribution in [0.4, 0.5) is 0 Å². The Morgan fingerprint density at radius 1 is 1.39 bits per heavy atom. The Bertz CT molecular complexity index is 319. The van der Waals surface area contributed by atoms with Gasteiger partial charge in [-0.1, -0.05) is 0 Å². The van der Waals surface area contributed by atoms with Crippen molar-refractivity contribution in [2.75, 3.05) is 26.7 Å². The lowest BCUT2D eigenvalue weighted by Gasteiger charge is -2.36. The second-order valence-corrected chi connectivity index (χ2v) is 5.21. The zero-order valence-electron chi connectivity index (χ0n) is 11.0. The summed E-state index contributed by atoms with van der Waals surface area (Å²) < 4.78 is 4.83. The van der Waals surface area contributed by atoms with E-state index in [4.69, 9.17) is 4.74 Å². The smallest absolute Gasteiger partial charge is 0.309 e. The predicted molar refractivity (Wildman–Crippen MR) is 67.0 cm³/mol. The minimum absolute atomic E-state index is 0.0185. The van der Waals surface area contributed by atoms with Gasteiger partial charge in [-0.2, -0.15) is 0 Å². The van der Waals surface area contributed by atoms with Crippen molar-refractivity contribution in [1.82, 2.24) is 10.2 Å². The molecule has 2 aliphatic heterocycles. The Balaban J connectivity index is 1.94. The van der Waals surface area contributed by atoms with Gasteiger partial charge in [0.15, 0.2) is 0 Å². The molecule has 2 rings (SSSR count). The van der Waals surface area contributed by atoms with Crippen LogP contribution in [0.2, 0.25) is 0 Å². The van der Waals surface area contributed by atoms with Crippen molar-refractivity contribution in [1.29, 1.82) is 0 Å². The average Bonchev–Trinajstić information content (AvgIpc) is 2.62. The highest BCUT2D eigenvalue weighted by atomic mass is 16.5. The molecule has 5 heteroatoms. The summed E-state index contributed by atoms with van der Waals surface area (Å²) in [6.45, 7) is 2.51. The van der Waals surface area contributed by atoms with Gasteiger partial charge in [-0.25, -0.2) is 0 Å². The van der Waals surface area contributed by atoms with Gasteiger partial charge in [0.05, 0.1) is 13.0 Å². The summed E-state index contributed by atoms with van der Waals surface area (Å²) in [5.41, 5.74) is 0. The molecule has 0 radical (unpaired) electrons. The Morgan fingerprint density at radius 3 is 3.00 bits per heavy atom. The number of hydrogen-bond acceptors (Lipinski definition) is 4. The maximum absolute atomic E-state index is 11.6. The molecule has 0 saturated carbocycles. The van der Waals surface area contributed by atoms with Gasteiger partial charge < -0.3 is 10.1 Å². The minimum atomic E-state index is -0.113. The number of methoxy groups -OCH3 is 1. The van der Waals surface area contributed by atoms with Crippen molar-refractivity contribution in [2.24, 2.45) is 5.92 Å². The van der Waals surface area contributed by atoms with E-state index in [1.165, 1.54) is 7.11 Å². The van der Waals surface area contributed by atoms with Gasteiger partial charge in [-0.3, -0.25) is 14.5 Å². The van der Waals surface area contributed by atoms with Crippen LogP contribution in [-0.2, 0) is 14.3 Å². The molecule has 1 amide bonds. The van der Waals surface area contributed by atoms with Crippen molar-refractivity contribution in [3.05, 3.63) is 0 Å². The molecule has 2 atom stereocenters. The molecular weight excluding hydrogens is 232 g/mol. The van der Waals surface area contributed by atoms with Gasteiger partial charge in [-0.05, 0) is 32.2 Å².